The van der Waals surface area contributed by atoms with Crippen molar-refractivity contribution in [3.05, 3.63) is 59.2 Å². The summed E-state index contributed by atoms with van der Waals surface area (Å²) in [5.74, 6) is -0.748. The molecule has 3 aromatic rings. The summed E-state index contributed by atoms with van der Waals surface area (Å²) in [5.41, 5.74) is 13.2. The Kier molecular flexibility index (Phi) is 9.77. The Balaban J connectivity index is 1.98. The van der Waals surface area contributed by atoms with Crippen molar-refractivity contribution in [2.24, 2.45) is 20.5 Å². The van der Waals surface area contributed by atoms with Crippen molar-refractivity contribution < 1.29 is 43.6 Å². The first-order valence-electron chi connectivity index (χ1n) is 11.6. The number of aliphatic hydroxyl groups is 1. The van der Waals surface area contributed by atoms with E-state index >= 15 is 0 Å². The predicted octanol–water partition coefficient (Wildman–Crippen LogP) is 3.63. The van der Waals surface area contributed by atoms with Crippen LogP contribution < -0.4 is 11.5 Å². The average Bonchev–Trinajstić information content (AvgIpc) is 2.88. The van der Waals surface area contributed by atoms with Gasteiger partial charge in [-0.1, -0.05) is 6.07 Å². The Hall–Kier alpha value is -3.85. The number of benzene rings is 3. The average molecular weight is 643 g/mol. The van der Waals surface area contributed by atoms with E-state index < -0.39 is 53.3 Å². The van der Waals surface area contributed by atoms with E-state index in [1.165, 1.54) is 12.1 Å². The Morgan fingerprint density at radius 3 is 1.95 bits per heavy atom. The molecule has 0 aromatic heterocycles. The molecule has 0 radical (unpaired) electrons. The lowest BCUT2D eigenvalue weighted by molar-refractivity contribution is 0.282. The number of nitrogens with zero attached hydrogens (tertiary/aromatic N) is 4. The minimum Gasteiger partial charge on any atom is -0.396 e. The Bertz CT molecular complexity index is 1890. The highest BCUT2D eigenvalue weighted by atomic mass is 32.3. The van der Waals surface area contributed by atoms with Crippen LogP contribution in [0.15, 0.2) is 72.7 Å². The van der Waals surface area contributed by atoms with Gasteiger partial charge in [0.25, 0.3) is 10.1 Å². The van der Waals surface area contributed by atoms with Gasteiger partial charge in [0.2, 0.25) is 0 Å². The summed E-state index contributed by atoms with van der Waals surface area (Å²) < 4.78 is 92.2. The fourth-order valence-electron chi connectivity index (χ4n) is 3.45. The van der Waals surface area contributed by atoms with E-state index in [2.05, 4.69) is 24.6 Å². The third-order valence-corrected chi connectivity index (χ3v) is 8.83. The van der Waals surface area contributed by atoms with Gasteiger partial charge in [0.15, 0.2) is 9.84 Å². The molecule has 16 nitrogen and oxygen atoms in total. The number of rotatable bonds is 11. The van der Waals surface area contributed by atoms with Crippen molar-refractivity contribution in [2.45, 2.75) is 30.2 Å². The van der Waals surface area contributed by atoms with E-state index in [0.29, 0.717) is 5.56 Å². The number of azo groups is 2. The molecule has 0 heterocycles. The third-order valence-electron chi connectivity index (χ3n) is 5.77. The van der Waals surface area contributed by atoms with Gasteiger partial charge in [-0.3, -0.25) is 9.11 Å². The van der Waals surface area contributed by atoms with Crippen molar-refractivity contribution in [1.82, 2.24) is 0 Å². The number of nitrogens with two attached hydrogens (primary N) is 2. The summed E-state index contributed by atoms with van der Waals surface area (Å²) in [7, 11) is -13.7. The second-order valence-corrected chi connectivity index (χ2v) is 13.3. The molecule has 226 valence electrons. The van der Waals surface area contributed by atoms with Gasteiger partial charge in [-0.15, -0.1) is 10.2 Å². The quantitative estimate of drug-likeness (QED) is 0.114. The molecule has 0 saturated heterocycles. The summed E-state index contributed by atoms with van der Waals surface area (Å²) in [5, 5.41) is 25.5. The van der Waals surface area contributed by atoms with Gasteiger partial charge in [0.05, 0.1) is 46.6 Å². The number of hydrogen-bond acceptors (Lipinski definition) is 14. The first-order chi connectivity index (χ1) is 19.4. The first kappa shape index (κ1) is 32.7. The molecule has 3 rings (SSSR count). The molecule has 0 aliphatic carbocycles. The van der Waals surface area contributed by atoms with Gasteiger partial charge < -0.3 is 16.6 Å². The zero-order chi connectivity index (χ0) is 31.5. The smallest absolute Gasteiger partial charge is 0.396 e. The van der Waals surface area contributed by atoms with E-state index in [4.69, 9.17) is 16.0 Å². The van der Waals surface area contributed by atoms with Gasteiger partial charge in [-0.05, 0) is 61.4 Å². The molecule has 0 saturated carbocycles. The summed E-state index contributed by atoms with van der Waals surface area (Å²) >= 11 is 0. The second kappa shape index (κ2) is 12.6. The number of sulfone groups is 1. The highest BCUT2D eigenvalue weighted by molar-refractivity contribution is 7.91. The molecule has 3 aromatic carbocycles. The maximum Gasteiger partial charge on any atom is 0.397 e. The second-order valence-electron chi connectivity index (χ2n) is 8.73. The molecule has 0 aliphatic rings. The molecule has 19 heteroatoms. The number of aliphatic hydroxyl groups excluding tert-OH is 1. The van der Waals surface area contributed by atoms with Crippen LogP contribution in [0.25, 0.3) is 0 Å². The molecule has 0 aliphatic heterocycles. The van der Waals surface area contributed by atoms with Crippen LogP contribution in [0.1, 0.15) is 16.7 Å². The number of hydrogen-bond donors (Lipinski definition) is 5. The van der Waals surface area contributed by atoms with Gasteiger partial charge in [0.1, 0.15) is 16.3 Å². The van der Waals surface area contributed by atoms with Crippen molar-refractivity contribution in [1.29, 1.82) is 0 Å². The van der Waals surface area contributed by atoms with Crippen LogP contribution in [0.3, 0.4) is 0 Å². The summed E-state index contributed by atoms with van der Waals surface area (Å²) in [6.45, 7) is 2.51. The SMILES string of the molecule is Cc1cc(CO)c(N=Nc2cc(S(=O)(=O)O)c(N)c(N=Nc3ccc(S(=O)(=O)CCOS(=O)(=O)O)cc3)c2N)cc1C. The molecule has 0 unspecified atom stereocenters. The third kappa shape index (κ3) is 8.12. The minimum atomic E-state index is -4.88. The van der Waals surface area contributed by atoms with E-state index in [9.17, 15) is 34.9 Å². The molecule has 7 N–H and O–H groups in total. The lowest BCUT2D eigenvalue weighted by atomic mass is 10.0. The van der Waals surface area contributed by atoms with Crippen molar-refractivity contribution in [2.75, 3.05) is 23.8 Å². The molecular weight excluding hydrogens is 616 g/mol. The molecule has 0 spiro atoms. The lowest BCUT2D eigenvalue weighted by Gasteiger charge is -2.11. The topological polar surface area (TPSA) is 274 Å². The predicted molar refractivity (Wildman–Crippen MR) is 151 cm³/mol. The zero-order valence-corrected chi connectivity index (χ0v) is 24.5. The van der Waals surface area contributed by atoms with E-state index in [1.54, 1.807) is 12.1 Å². The normalized spacial score (nSPS) is 12.9. The number of nitrogen functional groups attached to an aromatic ring is 2. The number of anilines is 2. The molecule has 0 fully saturated rings. The first-order valence-corrected chi connectivity index (χ1v) is 16.1. The molecule has 0 amide bonds. The summed E-state index contributed by atoms with van der Waals surface area (Å²) in [6.07, 6.45) is 0. The zero-order valence-electron chi connectivity index (χ0n) is 22.0. The monoisotopic (exact) mass is 642 g/mol. The van der Waals surface area contributed by atoms with Crippen molar-refractivity contribution in [3.63, 3.8) is 0 Å². The molecule has 0 bridgehead atoms. The van der Waals surface area contributed by atoms with Crippen LogP contribution in [0.4, 0.5) is 34.1 Å². The van der Waals surface area contributed by atoms with Gasteiger partial charge in [0, 0.05) is 5.56 Å². The van der Waals surface area contributed by atoms with Crippen LogP contribution in [-0.2, 0) is 41.1 Å². The highest BCUT2D eigenvalue weighted by Crippen LogP contribution is 2.43. The van der Waals surface area contributed by atoms with E-state index in [0.717, 1.165) is 29.3 Å². The Morgan fingerprint density at radius 2 is 1.38 bits per heavy atom. The van der Waals surface area contributed by atoms with Crippen LogP contribution in [0.2, 0.25) is 0 Å². The van der Waals surface area contributed by atoms with Crippen molar-refractivity contribution in [3.8, 4) is 0 Å². The minimum absolute atomic E-state index is 0.0742. The van der Waals surface area contributed by atoms with E-state index in [1.807, 2.05) is 13.8 Å². The van der Waals surface area contributed by atoms with Crippen LogP contribution >= 0.6 is 0 Å². The summed E-state index contributed by atoms with van der Waals surface area (Å²) in [4.78, 5) is -0.986. The molecule has 0 atom stereocenters. The standard InChI is InChI=1S/C23H26N6O10S3/c1-13-9-15(12-30)18(10-14(13)2)27-28-19-11-20(41(33,34)35)22(25)23(21(19)24)29-26-16-3-5-17(6-4-16)40(31,32)8-7-39-42(36,37)38/h3-6,9-11,30H,7-8,12,24-25H2,1-2H3,(H,33,34,35)(H,36,37,38). The Morgan fingerprint density at radius 1 is 0.786 bits per heavy atom. The van der Waals surface area contributed by atoms with Crippen molar-refractivity contribution >= 4 is 64.5 Å². The largest absolute Gasteiger partial charge is 0.397 e. The highest BCUT2D eigenvalue weighted by Gasteiger charge is 2.23. The van der Waals surface area contributed by atoms with Gasteiger partial charge >= 0.3 is 10.4 Å². The van der Waals surface area contributed by atoms with Crippen LogP contribution in [0, 0.1) is 13.8 Å². The maximum absolute atomic E-state index is 12.3. The summed E-state index contributed by atoms with van der Waals surface area (Å²) in [6, 6.07) is 9.01. The fourth-order valence-corrected chi connectivity index (χ4v) is 5.57. The van der Waals surface area contributed by atoms with Crippen LogP contribution in [0.5, 0.6) is 0 Å². The lowest BCUT2D eigenvalue weighted by Crippen LogP contribution is -2.15. The number of aryl methyl sites for hydroxylation is 2. The maximum atomic E-state index is 12.3. The fraction of sp³-hybridized carbons (Fsp3) is 0.217. The van der Waals surface area contributed by atoms with E-state index in [-0.39, 0.29) is 39.9 Å². The molecule has 42 heavy (non-hydrogen) atoms. The Labute approximate surface area is 241 Å². The van der Waals surface area contributed by atoms with Crippen LogP contribution in [-0.4, -0.2) is 51.8 Å². The van der Waals surface area contributed by atoms with Gasteiger partial charge in [-0.25, -0.2) is 12.6 Å². The van der Waals surface area contributed by atoms with Gasteiger partial charge in [-0.2, -0.15) is 27.1 Å². The molecular formula is C23H26N6O10S3.